The number of hydrogen-bond acceptors (Lipinski definition) is 4. The van der Waals surface area contributed by atoms with E-state index in [1.807, 2.05) is 6.92 Å². The van der Waals surface area contributed by atoms with Crippen LogP contribution in [0.2, 0.25) is 0 Å². The topological polar surface area (TPSA) is 94.3 Å². The van der Waals surface area contributed by atoms with Gasteiger partial charge >= 0.3 is 0 Å². The number of H-pyrrole nitrogens is 2. The van der Waals surface area contributed by atoms with E-state index in [-0.39, 0.29) is 29.7 Å². The van der Waals surface area contributed by atoms with E-state index in [4.69, 9.17) is 4.74 Å². The summed E-state index contributed by atoms with van der Waals surface area (Å²) in [7, 11) is 3.41. The lowest BCUT2D eigenvalue weighted by atomic mass is 10.0. The van der Waals surface area contributed by atoms with Crippen molar-refractivity contribution in [3.8, 4) is 0 Å². The average molecular weight is 439 g/mol. The summed E-state index contributed by atoms with van der Waals surface area (Å²) >= 11 is 0. The Bertz CT molecular complexity index is 1190. The van der Waals surface area contributed by atoms with Crippen LogP contribution in [0.3, 0.4) is 0 Å². The second-order valence-electron chi connectivity index (χ2n) is 8.86. The van der Waals surface area contributed by atoms with E-state index in [0.717, 1.165) is 29.7 Å². The van der Waals surface area contributed by atoms with Crippen LogP contribution in [0, 0.1) is 12.7 Å². The molecule has 1 fully saturated rings. The monoisotopic (exact) mass is 439 g/mol. The fourth-order valence-electron chi connectivity index (χ4n) is 4.62. The highest BCUT2D eigenvalue weighted by atomic mass is 19.1. The molecule has 2 N–H and O–H groups in total. The van der Waals surface area contributed by atoms with Gasteiger partial charge in [-0.15, -0.1) is 0 Å². The van der Waals surface area contributed by atoms with Crippen molar-refractivity contribution < 1.29 is 18.7 Å². The van der Waals surface area contributed by atoms with E-state index in [0.29, 0.717) is 41.9 Å². The zero-order chi connectivity index (χ0) is 22.6. The zero-order valence-electron chi connectivity index (χ0n) is 18.4. The third-order valence-corrected chi connectivity index (χ3v) is 6.86. The number of ether oxygens (including phenoxy) is 1. The molecule has 0 radical (unpaired) electrons. The lowest BCUT2D eigenvalue weighted by Crippen LogP contribution is -2.43. The molecule has 1 aliphatic heterocycles. The van der Waals surface area contributed by atoms with Gasteiger partial charge in [-0.2, -0.15) is 5.10 Å². The van der Waals surface area contributed by atoms with Gasteiger partial charge < -0.3 is 19.5 Å². The minimum Gasteiger partial charge on any atom is -0.382 e. The van der Waals surface area contributed by atoms with Crippen LogP contribution >= 0.6 is 0 Å². The summed E-state index contributed by atoms with van der Waals surface area (Å²) in [6.07, 6.45) is 2.37. The minimum atomic E-state index is -0.363. The molecule has 0 saturated heterocycles. The second-order valence-corrected chi connectivity index (χ2v) is 8.86. The maximum atomic E-state index is 14.2. The fraction of sp³-hybridized carbons (Fsp3) is 0.435. The van der Waals surface area contributed by atoms with Crippen molar-refractivity contribution in [2.75, 3.05) is 27.3 Å². The van der Waals surface area contributed by atoms with Crippen molar-refractivity contribution in [2.45, 2.75) is 38.3 Å². The van der Waals surface area contributed by atoms with Gasteiger partial charge in [0.2, 0.25) is 0 Å². The van der Waals surface area contributed by atoms with E-state index in [2.05, 4.69) is 15.2 Å². The van der Waals surface area contributed by atoms with Crippen LogP contribution in [0.4, 0.5) is 4.39 Å². The molecule has 0 spiro atoms. The predicted molar refractivity (Wildman–Crippen MR) is 116 cm³/mol. The number of fused-ring (bicyclic) bond motifs is 2. The van der Waals surface area contributed by atoms with Crippen LogP contribution in [-0.4, -0.2) is 69.6 Å². The molecule has 32 heavy (non-hydrogen) atoms. The highest BCUT2D eigenvalue weighted by molar-refractivity contribution is 5.99. The Hall–Kier alpha value is -3.20. The van der Waals surface area contributed by atoms with Crippen molar-refractivity contribution in [2.24, 2.45) is 0 Å². The molecule has 1 aromatic carbocycles. The second kappa shape index (κ2) is 7.44. The first-order chi connectivity index (χ1) is 15.3. The molecule has 1 saturated carbocycles. The number of aromatic amines is 2. The number of halogens is 1. The average Bonchev–Trinajstić information content (AvgIpc) is 3.24. The van der Waals surface area contributed by atoms with Gasteiger partial charge in [0.25, 0.3) is 11.8 Å². The Kier molecular flexibility index (Phi) is 4.81. The van der Waals surface area contributed by atoms with Crippen molar-refractivity contribution in [1.29, 1.82) is 0 Å². The number of benzene rings is 1. The molecule has 2 amide bonds. The zero-order valence-corrected chi connectivity index (χ0v) is 18.4. The molecule has 5 rings (SSSR count). The standard InChI is InChI=1S/C23H26FN5O3/c1-13-4-5-16(24)14-10-18(25-19(13)14)21(30)29-9-6-17-15(11-29)20(27-26-17)22(31)28(2)23(7-8-23)12-32-3/h4-5,10,25H,6-9,11-12H2,1-3H3,(H,26,27). The van der Waals surface area contributed by atoms with Gasteiger partial charge in [-0.05, 0) is 37.5 Å². The maximum Gasteiger partial charge on any atom is 0.274 e. The van der Waals surface area contributed by atoms with E-state index < -0.39 is 0 Å². The molecule has 0 atom stereocenters. The summed E-state index contributed by atoms with van der Waals surface area (Å²) in [5.41, 5.74) is 3.53. The van der Waals surface area contributed by atoms with Crippen LogP contribution in [0.1, 0.15) is 50.6 Å². The van der Waals surface area contributed by atoms with E-state index in [1.54, 1.807) is 36.1 Å². The number of carbonyl (C=O) groups excluding carboxylic acids is 2. The Labute approximate surface area is 184 Å². The summed E-state index contributed by atoms with van der Waals surface area (Å²) in [5, 5.41) is 7.67. The number of aryl methyl sites for hydroxylation is 1. The largest absolute Gasteiger partial charge is 0.382 e. The first-order valence-electron chi connectivity index (χ1n) is 10.7. The molecule has 1 aliphatic carbocycles. The lowest BCUT2D eigenvalue weighted by Gasteiger charge is -2.29. The highest BCUT2D eigenvalue weighted by Gasteiger charge is 2.49. The number of hydrogen-bond donors (Lipinski definition) is 2. The van der Waals surface area contributed by atoms with Gasteiger partial charge in [0.1, 0.15) is 11.5 Å². The third-order valence-electron chi connectivity index (χ3n) is 6.86. The van der Waals surface area contributed by atoms with Crippen molar-refractivity contribution >= 4 is 22.7 Å². The molecule has 8 nitrogen and oxygen atoms in total. The van der Waals surface area contributed by atoms with E-state index in [1.165, 1.54) is 6.07 Å². The van der Waals surface area contributed by atoms with Crippen molar-refractivity contribution in [1.82, 2.24) is 25.0 Å². The molecular weight excluding hydrogens is 413 g/mol. The predicted octanol–water partition coefficient (Wildman–Crippen LogP) is 2.79. The summed E-state index contributed by atoms with van der Waals surface area (Å²) in [5.74, 6) is -0.760. The van der Waals surface area contributed by atoms with Crippen LogP contribution in [0.25, 0.3) is 10.9 Å². The molecule has 3 heterocycles. The van der Waals surface area contributed by atoms with Crippen LogP contribution in [0.15, 0.2) is 18.2 Å². The Morgan fingerprint density at radius 2 is 2.12 bits per heavy atom. The molecule has 168 valence electrons. The SMILES string of the molecule is COCC1(N(C)C(=O)c2n[nH]c3c2CN(C(=O)c2cc4c(F)ccc(C)c4[nH]2)CC3)CC1. The summed E-state index contributed by atoms with van der Waals surface area (Å²) < 4.78 is 19.5. The summed E-state index contributed by atoms with van der Waals surface area (Å²) in [4.78, 5) is 32.9. The van der Waals surface area contributed by atoms with Gasteiger partial charge in [-0.1, -0.05) is 6.07 Å². The molecule has 9 heteroatoms. The van der Waals surface area contributed by atoms with Gasteiger partial charge in [-0.3, -0.25) is 14.7 Å². The Morgan fingerprint density at radius 3 is 2.81 bits per heavy atom. The van der Waals surface area contributed by atoms with Crippen LogP contribution in [0.5, 0.6) is 0 Å². The normalized spacial score (nSPS) is 16.8. The van der Waals surface area contributed by atoms with Gasteiger partial charge in [0.15, 0.2) is 5.69 Å². The number of methoxy groups -OCH3 is 1. The van der Waals surface area contributed by atoms with Gasteiger partial charge in [-0.25, -0.2) is 4.39 Å². The highest BCUT2D eigenvalue weighted by Crippen LogP contribution is 2.42. The smallest absolute Gasteiger partial charge is 0.274 e. The first-order valence-corrected chi connectivity index (χ1v) is 10.7. The maximum absolute atomic E-state index is 14.2. The third kappa shape index (κ3) is 3.19. The molecule has 0 bridgehead atoms. The quantitative estimate of drug-likeness (QED) is 0.639. The van der Waals surface area contributed by atoms with Gasteiger partial charge in [0, 0.05) is 43.8 Å². The first kappa shape index (κ1) is 20.7. The van der Waals surface area contributed by atoms with E-state index in [9.17, 15) is 14.0 Å². The number of carbonyl (C=O) groups is 2. The number of rotatable bonds is 5. The number of nitrogens with one attached hydrogen (secondary N) is 2. The van der Waals surface area contributed by atoms with Crippen LogP contribution in [-0.2, 0) is 17.7 Å². The van der Waals surface area contributed by atoms with E-state index >= 15 is 0 Å². The minimum absolute atomic E-state index is 0.172. The van der Waals surface area contributed by atoms with Crippen molar-refractivity contribution in [3.63, 3.8) is 0 Å². The Morgan fingerprint density at radius 1 is 1.34 bits per heavy atom. The number of aromatic nitrogens is 3. The van der Waals surface area contributed by atoms with Crippen LogP contribution < -0.4 is 0 Å². The fourth-order valence-corrected chi connectivity index (χ4v) is 4.62. The Balaban J connectivity index is 1.40. The lowest BCUT2D eigenvalue weighted by molar-refractivity contribution is 0.0541. The molecular formula is C23H26FN5O3. The van der Waals surface area contributed by atoms with Gasteiger partial charge in [0.05, 0.1) is 24.2 Å². The summed E-state index contributed by atoms with van der Waals surface area (Å²) in [6.45, 7) is 3.12. The number of amides is 2. The molecule has 2 aliphatic rings. The number of likely N-dealkylation sites (N-methyl/N-ethyl adjacent to an activating group) is 1. The molecule has 0 unspecified atom stereocenters. The molecule has 3 aromatic rings. The van der Waals surface area contributed by atoms with Crippen molar-refractivity contribution in [3.05, 3.63) is 52.2 Å². The summed E-state index contributed by atoms with van der Waals surface area (Å²) in [6, 6.07) is 4.65. The number of nitrogens with zero attached hydrogens (tertiary/aromatic N) is 3. The molecule has 2 aromatic heterocycles.